The molecule has 0 aliphatic carbocycles. The molecule has 0 spiro atoms. The molecule has 2 heterocycles. The van der Waals surface area contributed by atoms with Crippen LogP contribution in [0.2, 0.25) is 0 Å². The van der Waals surface area contributed by atoms with Crippen molar-refractivity contribution in [2.24, 2.45) is 11.8 Å². The highest BCUT2D eigenvalue weighted by molar-refractivity contribution is 6.17. The number of carbonyl (C=O) groups excluding carboxylic acids is 1. The summed E-state index contributed by atoms with van der Waals surface area (Å²) in [5, 5.41) is 4.56. The minimum absolute atomic E-state index is 0.134. The van der Waals surface area contributed by atoms with Gasteiger partial charge in [0.15, 0.2) is 0 Å². The second-order valence-electron chi connectivity index (χ2n) is 11.5. The Balaban J connectivity index is 1.88. The van der Waals surface area contributed by atoms with Crippen molar-refractivity contribution in [3.63, 3.8) is 0 Å². The van der Waals surface area contributed by atoms with Crippen molar-refractivity contribution in [2.75, 3.05) is 46.2 Å². The molecule has 2 bridgehead atoms. The Morgan fingerprint density at radius 3 is 1.76 bits per heavy atom. The van der Waals surface area contributed by atoms with Gasteiger partial charge in [-0.25, -0.2) is 4.98 Å². The smallest absolute Gasteiger partial charge is 0.252 e. The van der Waals surface area contributed by atoms with Gasteiger partial charge in [0.1, 0.15) is 34.7 Å². The molecule has 0 fully saturated rings. The lowest BCUT2D eigenvalue weighted by Crippen LogP contribution is -2.27. The normalized spacial score (nSPS) is 19.3. The third-order valence-corrected chi connectivity index (χ3v) is 6.93. The lowest BCUT2D eigenvalue weighted by Gasteiger charge is -2.24. The molecule has 8 nitrogen and oxygen atoms in total. The number of hydrogen-bond acceptors (Lipinski definition) is 7. The van der Waals surface area contributed by atoms with Gasteiger partial charge in [0.05, 0.1) is 45.2 Å². The van der Waals surface area contributed by atoms with Crippen LogP contribution < -0.4 is 14.8 Å². The molecule has 0 unspecified atom stereocenters. The number of aromatic nitrogens is 1. The van der Waals surface area contributed by atoms with Gasteiger partial charge in [-0.15, -0.1) is 0 Å². The average Bonchev–Trinajstić information content (AvgIpc) is 2.93. The third kappa shape index (κ3) is 8.53. The number of carbonyl (C=O) groups is 1. The van der Waals surface area contributed by atoms with Crippen LogP contribution in [0.4, 0.5) is 0 Å². The Morgan fingerprint density at radius 1 is 0.805 bits per heavy atom. The molecule has 0 radical (unpaired) electrons. The Kier molecular flexibility index (Phi) is 11.6. The summed E-state index contributed by atoms with van der Waals surface area (Å²) in [6.45, 7) is 14.1. The minimum Gasteiger partial charge on any atom is -0.486 e. The second kappa shape index (κ2) is 15.3. The van der Waals surface area contributed by atoms with E-state index in [1.54, 1.807) is 0 Å². The number of benzene rings is 2. The molecule has 0 saturated carbocycles. The van der Waals surface area contributed by atoms with Crippen molar-refractivity contribution in [1.82, 2.24) is 10.3 Å². The summed E-state index contributed by atoms with van der Waals surface area (Å²) in [5.74, 6) is 1.93. The molecular weight excluding hydrogens is 520 g/mol. The summed E-state index contributed by atoms with van der Waals surface area (Å²) in [7, 11) is 0. The van der Waals surface area contributed by atoms with Crippen molar-refractivity contribution >= 4 is 27.7 Å². The fourth-order valence-corrected chi connectivity index (χ4v) is 5.18. The van der Waals surface area contributed by atoms with Gasteiger partial charge in [0.2, 0.25) is 0 Å². The van der Waals surface area contributed by atoms with Gasteiger partial charge in [0, 0.05) is 17.3 Å². The minimum atomic E-state index is -0.181. The monoisotopic (exact) mass is 566 g/mol. The topological polar surface area (TPSA) is 88.1 Å². The summed E-state index contributed by atoms with van der Waals surface area (Å²) in [6, 6.07) is 11.6. The fraction of sp³-hybridized carbons (Fsp3) is 0.576. The number of amides is 1. The first kappa shape index (κ1) is 31.0. The lowest BCUT2D eigenvalue weighted by molar-refractivity contribution is -0.0191. The molecule has 1 aliphatic rings. The average molecular weight is 567 g/mol. The van der Waals surface area contributed by atoms with E-state index in [1.165, 1.54) is 0 Å². The second-order valence-corrected chi connectivity index (χ2v) is 11.5. The molecule has 1 N–H and O–H groups in total. The van der Waals surface area contributed by atoms with Crippen LogP contribution in [0.25, 0.3) is 21.8 Å². The van der Waals surface area contributed by atoms with Crippen LogP contribution in [0.5, 0.6) is 11.5 Å². The van der Waals surface area contributed by atoms with Crippen molar-refractivity contribution in [2.45, 2.75) is 66.1 Å². The van der Waals surface area contributed by atoms with E-state index in [1.807, 2.05) is 43.3 Å². The van der Waals surface area contributed by atoms with Crippen LogP contribution >= 0.6 is 0 Å². The summed E-state index contributed by atoms with van der Waals surface area (Å²) in [4.78, 5) is 18.8. The molecule has 224 valence electrons. The van der Waals surface area contributed by atoms with E-state index in [0.29, 0.717) is 86.1 Å². The molecular formula is C33H46N2O6. The van der Waals surface area contributed by atoms with Gasteiger partial charge in [-0.05, 0) is 43.2 Å². The highest BCUT2D eigenvalue weighted by atomic mass is 16.6. The highest BCUT2D eigenvalue weighted by Crippen LogP contribution is 2.36. The molecule has 1 aromatic heterocycles. The Morgan fingerprint density at radius 2 is 1.29 bits per heavy atom. The number of nitrogens with one attached hydrogen (secondary N) is 1. The van der Waals surface area contributed by atoms with Gasteiger partial charge in [-0.1, -0.05) is 58.9 Å². The maximum absolute atomic E-state index is 13.6. The first-order valence-electron chi connectivity index (χ1n) is 15.1. The zero-order chi connectivity index (χ0) is 29.2. The van der Waals surface area contributed by atoms with Gasteiger partial charge in [-0.2, -0.15) is 0 Å². The van der Waals surface area contributed by atoms with E-state index in [9.17, 15) is 4.79 Å². The molecule has 1 amide bonds. The SMILES string of the molecule is CCCNC(=O)c1c2cccc3c2nc2c(cccc12)O[C@H](CC(C)C)COCCOCCOC[C@@H](CC(C)C)O3. The van der Waals surface area contributed by atoms with E-state index in [-0.39, 0.29) is 18.1 Å². The molecule has 0 saturated heterocycles. The van der Waals surface area contributed by atoms with Crippen molar-refractivity contribution in [3.8, 4) is 11.5 Å². The van der Waals surface area contributed by atoms with Gasteiger partial charge < -0.3 is 29.0 Å². The Bertz CT molecular complexity index is 1190. The first-order chi connectivity index (χ1) is 19.9. The first-order valence-corrected chi connectivity index (χ1v) is 15.1. The Labute approximate surface area is 244 Å². The number of nitrogens with zero attached hydrogens (tertiary/aromatic N) is 1. The molecule has 4 rings (SSSR count). The molecule has 41 heavy (non-hydrogen) atoms. The Hall–Kier alpha value is -2.94. The summed E-state index contributed by atoms with van der Waals surface area (Å²) in [6.07, 6.45) is 2.11. The number of hydrogen-bond donors (Lipinski definition) is 1. The molecule has 2 aromatic carbocycles. The third-order valence-electron chi connectivity index (χ3n) is 6.93. The van der Waals surface area contributed by atoms with Crippen LogP contribution in [0.3, 0.4) is 0 Å². The van der Waals surface area contributed by atoms with Crippen molar-refractivity contribution in [3.05, 3.63) is 42.0 Å². The summed E-state index contributed by atoms with van der Waals surface area (Å²) in [5.41, 5.74) is 1.84. The van der Waals surface area contributed by atoms with Crippen LogP contribution in [0.15, 0.2) is 36.4 Å². The maximum atomic E-state index is 13.6. The molecule has 3 aromatic rings. The van der Waals surface area contributed by atoms with Crippen LogP contribution in [0.1, 0.15) is 64.2 Å². The van der Waals surface area contributed by atoms with Crippen LogP contribution in [-0.2, 0) is 14.2 Å². The highest BCUT2D eigenvalue weighted by Gasteiger charge is 2.23. The van der Waals surface area contributed by atoms with Gasteiger partial charge in [-0.3, -0.25) is 4.79 Å². The lowest BCUT2D eigenvalue weighted by atomic mass is 10.0. The number of rotatable bonds is 7. The quantitative estimate of drug-likeness (QED) is 0.342. The molecule has 8 heteroatoms. The molecule has 2 atom stereocenters. The number of ether oxygens (including phenoxy) is 5. The maximum Gasteiger partial charge on any atom is 0.252 e. The van der Waals surface area contributed by atoms with Crippen molar-refractivity contribution in [1.29, 1.82) is 0 Å². The van der Waals surface area contributed by atoms with E-state index in [4.69, 9.17) is 28.7 Å². The standard InChI is InChI=1S/C33H46N2O6/c1-6-13-34-33(36)30-26-9-7-11-28-31(26)35-32-27(30)10-8-12-29(32)41-25(19-23(4)5)21-39-17-15-37-14-16-38-20-24(40-28)18-22(2)3/h7-12,22-25H,6,13-21H2,1-5H3,(H,34,36)/t24-,25-/m1/s1. The van der Waals surface area contributed by atoms with E-state index < -0.39 is 0 Å². The molecule has 1 aliphatic heterocycles. The zero-order valence-electron chi connectivity index (χ0n) is 25.2. The number of para-hydroxylation sites is 2. The van der Waals surface area contributed by atoms with E-state index in [0.717, 1.165) is 30.0 Å². The van der Waals surface area contributed by atoms with E-state index in [2.05, 4.69) is 33.0 Å². The summed E-state index contributed by atoms with van der Waals surface area (Å²) < 4.78 is 30.8. The summed E-state index contributed by atoms with van der Waals surface area (Å²) >= 11 is 0. The predicted octanol–water partition coefficient (Wildman–Crippen LogP) is 6.18. The zero-order valence-corrected chi connectivity index (χ0v) is 25.2. The number of pyridine rings is 1. The fourth-order valence-electron chi connectivity index (χ4n) is 5.18. The van der Waals surface area contributed by atoms with Crippen LogP contribution in [-0.4, -0.2) is 69.3 Å². The van der Waals surface area contributed by atoms with Crippen LogP contribution in [0, 0.1) is 11.8 Å². The van der Waals surface area contributed by atoms with Gasteiger partial charge in [0.25, 0.3) is 5.91 Å². The predicted molar refractivity (Wildman–Crippen MR) is 162 cm³/mol. The largest absolute Gasteiger partial charge is 0.486 e. The van der Waals surface area contributed by atoms with E-state index >= 15 is 0 Å². The van der Waals surface area contributed by atoms with Gasteiger partial charge >= 0.3 is 0 Å². The van der Waals surface area contributed by atoms with Crippen molar-refractivity contribution < 1.29 is 28.5 Å².